The summed E-state index contributed by atoms with van der Waals surface area (Å²) in [5.74, 6) is -0.899. The van der Waals surface area contributed by atoms with Crippen molar-refractivity contribution in [2.75, 3.05) is 0 Å². The number of allylic oxidation sites excluding steroid dienone is 3. The van der Waals surface area contributed by atoms with Crippen molar-refractivity contribution in [3.63, 3.8) is 0 Å². The molecule has 0 fully saturated rings. The molecule has 0 bridgehead atoms. The van der Waals surface area contributed by atoms with Crippen molar-refractivity contribution < 1.29 is 8.78 Å². The molecule has 0 amide bonds. The lowest BCUT2D eigenvalue weighted by Crippen LogP contribution is -2.29. The monoisotopic (exact) mass is 387 g/mol. The molecule has 7 heteroatoms. The summed E-state index contributed by atoms with van der Waals surface area (Å²) >= 11 is 0. The summed E-state index contributed by atoms with van der Waals surface area (Å²) in [5.41, 5.74) is 2.61. The van der Waals surface area contributed by atoms with Crippen LogP contribution in [0.3, 0.4) is 0 Å². The van der Waals surface area contributed by atoms with Crippen LogP contribution in [0, 0.1) is 29.6 Å². The maximum absolute atomic E-state index is 13.8. The van der Waals surface area contributed by atoms with Crippen molar-refractivity contribution in [2.45, 2.75) is 19.3 Å². The number of hydrogen-bond acceptors (Lipinski definition) is 4. The van der Waals surface area contributed by atoms with Gasteiger partial charge in [0.15, 0.2) is 0 Å². The highest BCUT2D eigenvalue weighted by Gasteiger charge is 2.35. The molecule has 3 aromatic rings. The van der Waals surface area contributed by atoms with E-state index < -0.39 is 18.0 Å². The van der Waals surface area contributed by atoms with E-state index in [1.165, 1.54) is 0 Å². The van der Waals surface area contributed by atoms with E-state index in [9.17, 15) is 19.3 Å². The van der Waals surface area contributed by atoms with Gasteiger partial charge in [0, 0.05) is 11.1 Å². The Kier molecular flexibility index (Phi) is 4.58. The number of dihydropyridines is 1. The Labute approximate surface area is 165 Å². The standard InChI is InChI=1S/C22H15F2N5/c1-12-15-9-14(7-8-18(15)29-28-12)19-16(10-25)20(13-5-3-2-4-6-13)27-21(22(23)24)17(19)11-26/h2-9,19,22,27H,1H3,(H,28,29). The van der Waals surface area contributed by atoms with E-state index in [1.54, 1.807) is 48.5 Å². The number of aromatic nitrogens is 2. The lowest BCUT2D eigenvalue weighted by atomic mass is 9.80. The number of rotatable bonds is 3. The lowest BCUT2D eigenvalue weighted by molar-refractivity contribution is 0.181. The molecule has 1 unspecified atom stereocenters. The minimum Gasteiger partial charge on any atom is -0.352 e. The van der Waals surface area contributed by atoms with Crippen molar-refractivity contribution in [1.29, 1.82) is 10.5 Å². The number of fused-ring (bicyclic) bond motifs is 1. The number of nitrogens with one attached hydrogen (secondary N) is 2. The molecule has 29 heavy (non-hydrogen) atoms. The Bertz CT molecular complexity index is 1240. The van der Waals surface area contributed by atoms with Gasteiger partial charge < -0.3 is 5.32 Å². The van der Waals surface area contributed by atoms with E-state index in [0.29, 0.717) is 11.1 Å². The van der Waals surface area contributed by atoms with Crippen molar-refractivity contribution in [3.8, 4) is 12.1 Å². The van der Waals surface area contributed by atoms with E-state index in [1.807, 2.05) is 13.0 Å². The fraction of sp³-hybridized carbons (Fsp3) is 0.136. The second-order valence-corrected chi connectivity index (χ2v) is 6.69. The van der Waals surface area contributed by atoms with Gasteiger partial charge in [-0.15, -0.1) is 0 Å². The van der Waals surface area contributed by atoms with Crippen molar-refractivity contribution >= 4 is 16.6 Å². The van der Waals surface area contributed by atoms with Gasteiger partial charge in [0.25, 0.3) is 6.43 Å². The minimum absolute atomic E-state index is 0.156. The van der Waals surface area contributed by atoms with E-state index >= 15 is 0 Å². The number of nitrogens with zero attached hydrogens (tertiary/aromatic N) is 3. The summed E-state index contributed by atoms with van der Waals surface area (Å²) in [4.78, 5) is 0. The van der Waals surface area contributed by atoms with Crippen LogP contribution in [0.4, 0.5) is 8.78 Å². The summed E-state index contributed by atoms with van der Waals surface area (Å²) < 4.78 is 27.7. The summed E-state index contributed by atoms with van der Waals surface area (Å²) in [6, 6.07) is 18.1. The second kappa shape index (κ2) is 7.21. The van der Waals surface area contributed by atoms with E-state index in [-0.39, 0.29) is 16.8 Å². The Hall–Kier alpha value is -3.97. The van der Waals surface area contributed by atoms with Gasteiger partial charge in [-0.05, 0) is 30.2 Å². The molecule has 5 nitrogen and oxygen atoms in total. The number of benzene rings is 2. The zero-order valence-corrected chi connectivity index (χ0v) is 15.4. The normalized spacial score (nSPS) is 16.7. The van der Waals surface area contributed by atoms with Crippen LogP contribution in [-0.2, 0) is 0 Å². The first-order valence-corrected chi connectivity index (χ1v) is 8.88. The lowest BCUT2D eigenvalue weighted by Gasteiger charge is -2.29. The Balaban J connectivity index is 2.00. The Morgan fingerprint density at radius 1 is 1.03 bits per heavy atom. The molecule has 1 aromatic heterocycles. The quantitative estimate of drug-likeness (QED) is 0.691. The van der Waals surface area contributed by atoms with Crippen LogP contribution in [0.25, 0.3) is 16.6 Å². The van der Waals surface area contributed by atoms with Gasteiger partial charge in [0.05, 0.1) is 46.1 Å². The molecule has 1 aliphatic rings. The smallest absolute Gasteiger partial charge is 0.279 e. The first kappa shape index (κ1) is 18.4. The van der Waals surface area contributed by atoms with Crippen molar-refractivity contribution in [2.24, 2.45) is 0 Å². The van der Waals surface area contributed by atoms with Crippen LogP contribution < -0.4 is 5.32 Å². The highest BCUT2D eigenvalue weighted by atomic mass is 19.3. The van der Waals surface area contributed by atoms with Crippen LogP contribution in [-0.4, -0.2) is 16.6 Å². The molecule has 1 atom stereocenters. The maximum atomic E-state index is 13.8. The average Bonchev–Trinajstić information content (AvgIpc) is 3.12. The number of nitriles is 2. The fourth-order valence-electron chi connectivity index (χ4n) is 3.63. The summed E-state index contributed by atoms with van der Waals surface area (Å²) in [6.07, 6.45) is -2.88. The first-order chi connectivity index (χ1) is 14.0. The summed E-state index contributed by atoms with van der Waals surface area (Å²) in [7, 11) is 0. The van der Waals surface area contributed by atoms with Gasteiger partial charge in [-0.3, -0.25) is 5.10 Å². The zero-order chi connectivity index (χ0) is 20.5. The number of halogens is 2. The number of H-pyrrole nitrogens is 1. The average molecular weight is 387 g/mol. The first-order valence-electron chi connectivity index (χ1n) is 8.88. The van der Waals surface area contributed by atoms with Crippen LogP contribution in [0.1, 0.15) is 22.7 Å². The van der Waals surface area contributed by atoms with E-state index in [0.717, 1.165) is 16.6 Å². The van der Waals surface area contributed by atoms with Crippen molar-refractivity contribution in [1.82, 2.24) is 15.5 Å². The molecule has 4 rings (SSSR count). The van der Waals surface area contributed by atoms with Crippen LogP contribution in [0.5, 0.6) is 0 Å². The van der Waals surface area contributed by atoms with Gasteiger partial charge in [0.1, 0.15) is 0 Å². The van der Waals surface area contributed by atoms with Gasteiger partial charge in [-0.2, -0.15) is 15.6 Å². The molecule has 0 radical (unpaired) electrons. The Morgan fingerprint density at radius 2 is 1.76 bits per heavy atom. The number of alkyl halides is 2. The van der Waals surface area contributed by atoms with Gasteiger partial charge in [0.2, 0.25) is 0 Å². The Morgan fingerprint density at radius 3 is 2.41 bits per heavy atom. The zero-order valence-electron chi connectivity index (χ0n) is 15.4. The van der Waals surface area contributed by atoms with Gasteiger partial charge in [-0.1, -0.05) is 36.4 Å². The highest BCUT2D eigenvalue weighted by Crippen LogP contribution is 2.42. The van der Waals surface area contributed by atoms with E-state index in [4.69, 9.17) is 0 Å². The minimum atomic E-state index is -2.88. The van der Waals surface area contributed by atoms with Gasteiger partial charge in [-0.25, -0.2) is 8.78 Å². The molecule has 2 aromatic carbocycles. The molecule has 0 saturated carbocycles. The molecular weight excluding hydrogens is 372 g/mol. The van der Waals surface area contributed by atoms with Crippen LogP contribution >= 0.6 is 0 Å². The van der Waals surface area contributed by atoms with Crippen LogP contribution in [0.15, 0.2) is 65.4 Å². The second-order valence-electron chi connectivity index (χ2n) is 6.69. The van der Waals surface area contributed by atoms with Crippen LogP contribution in [0.2, 0.25) is 0 Å². The van der Waals surface area contributed by atoms with Crippen molar-refractivity contribution in [3.05, 3.63) is 82.2 Å². The third-order valence-corrected chi connectivity index (χ3v) is 5.02. The maximum Gasteiger partial charge on any atom is 0.279 e. The largest absolute Gasteiger partial charge is 0.352 e. The summed E-state index contributed by atoms with van der Waals surface area (Å²) in [6.45, 7) is 1.85. The number of hydrogen-bond donors (Lipinski definition) is 2. The predicted molar refractivity (Wildman–Crippen MR) is 104 cm³/mol. The molecule has 2 N–H and O–H groups in total. The molecular formula is C22H15F2N5. The van der Waals surface area contributed by atoms with E-state index in [2.05, 4.69) is 21.6 Å². The number of aromatic amines is 1. The highest BCUT2D eigenvalue weighted by molar-refractivity contribution is 5.84. The van der Waals surface area contributed by atoms with Gasteiger partial charge >= 0.3 is 0 Å². The third-order valence-electron chi connectivity index (χ3n) is 5.02. The third kappa shape index (κ3) is 3.03. The molecule has 0 saturated heterocycles. The predicted octanol–water partition coefficient (Wildman–Crippen LogP) is 4.54. The SMILES string of the molecule is Cc1[nH]nc2ccc(C3C(C#N)=C(c4ccccc4)NC(C(F)F)=C3C#N)cc12. The molecule has 0 spiro atoms. The summed E-state index contributed by atoms with van der Waals surface area (Å²) in [5, 5.41) is 30.2. The topological polar surface area (TPSA) is 88.3 Å². The molecule has 0 aliphatic carbocycles. The molecule has 142 valence electrons. The molecule has 2 heterocycles. The number of aryl methyl sites for hydroxylation is 1. The molecule has 1 aliphatic heterocycles. The fourth-order valence-corrected chi connectivity index (χ4v) is 3.63.